The minimum Gasteiger partial charge on any atom is -0.103 e. The van der Waals surface area contributed by atoms with Crippen LogP contribution in [-0.4, -0.2) is 0 Å². The summed E-state index contributed by atoms with van der Waals surface area (Å²) in [6.45, 7) is 14.8. The van der Waals surface area contributed by atoms with Gasteiger partial charge in [-0.3, -0.25) is 0 Å². The molecule has 0 spiro atoms. The van der Waals surface area contributed by atoms with Crippen LogP contribution >= 0.6 is 0 Å². The maximum atomic E-state index is 3.72. The zero-order valence-electron chi connectivity index (χ0n) is 10.4. The summed E-state index contributed by atoms with van der Waals surface area (Å²) < 4.78 is 0. The smallest absolute Gasteiger partial charge is 0.0111 e. The van der Waals surface area contributed by atoms with E-state index in [1.807, 2.05) is 6.08 Å². The Morgan fingerprint density at radius 3 is 2.29 bits per heavy atom. The lowest BCUT2D eigenvalue weighted by Crippen LogP contribution is -2.13. The van der Waals surface area contributed by atoms with Crippen molar-refractivity contribution in [3.05, 3.63) is 36.0 Å². The van der Waals surface area contributed by atoms with Gasteiger partial charge in [-0.05, 0) is 39.0 Å². The third kappa shape index (κ3) is 4.45. The van der Waals surface area contributed by atoms with E-state index in [-0.39, 0.29) is 5.41 Å². The molecule has 0 rings (SSSR count). The molecular formula is C14H24. The minimum absolute atomic E-state index is 0.288. The SMILES string of the molecule is C=CCC=C(C)CC(C)(C)C(C)=CC. The van der Waals surface area contributed by atoms with E-state index in [1.54, 1.807) is 0 Å². The Hall–Kier alpha value is -0.780. The monoisotopic (exact) mass is 192 g/mol. The van der Waals surface area contributed by atoms with Crippen molar-refractivity contribution in [1.29, 1.82) is 0 Å². The summed E-state index contributed by atoms with van der Waals surface area (Å²) in [5.74, 6) is 0. The van der Waals surface area contributed by atoms with Gasteiger partial charge in [0.2, 0.25) is 0 Å². The van der Waals surface area contributed by atoms with E-state index < -0.39 is 0 Å². The summed E-state index contributed by atoms with van der Waals surface area (Å²) >= 11 is 0. The van der Waals surface area contributed by atoms with Crippen LogP contribution in [0.2, 0.25) is 0 Å². The zero-order chi connectivity index (χ0) is 11.2. The largest absolute Gasteiger partial charge is 0.103 e. The molecule has 0 aromatic carbocycles. The summed E-state index contributed by atoms with van der Waals surface area (Å²) in [5, 5.41) is 0. The van der Waals surface area contributed by atoms with Crippen LogP contribution in [0.25, 0.3) is 0 Å². The lowest BCUT2D eigenvalue weighted by molar-refractivity contribution is 0.440. The van der Waals surface area contributed by atoms with Crippen LogP contribution < -0.4 is 0 Å². The lowest BCUT2D eigenvalue weighted by atomic mass is 9.79. The molecule has 0 fully saturated rings. The molecule has 0 saturated heterocycles. The topological polar surface area (TPSA) is 0 Å². The van der Waals surface area contributed by atoms with E-state index >= 15 is 0 Å². The first-order valence-corrected chi connectivity index (χ1v) is 5.34. The van der Waals surface area contributed by atoms with Gasteiger partial charge in [0.25, 0.3) is 0 Å². The molecule has 0 nitrogen and oxygen atoms in total. The first-order chi connectivity index (χ1) is 6.44. The molecule has 0 radical (unpaired) electrons. The highest BCUT2D eigenvalue weighted by molar-refractivity contribution is 5.14. The van der Waals surface area contributed by atoms with E-state index in [9.17, 15) is 0 Å². The highest BCUT2D eigenvalue weighted by Crippen LogP contribution is 2.32. The predicted molar refractivity (Wildman–Crippen MR) is 66.4 cm³/mol. The van der Waals surface area contributed by atoms with E-state index in [1.165, 1.54) is 11.1 Å². The molecule has 14 heavy (non-hydrogen) atoms. The van der Waals surface area contributed by atoms with Crippen LogP contribution in [0.4, 0.5) is 0 Å². The Balaban J connectivity index is 4.43. The highest BCUT2D eigenvalue weighted by atomic mass is 14.2. The summed E-state index contributed by atoms with van der Waals surface area (Å²) in [7, 11) is 0. The molecule has 0 heteroatoms. The Bertz CT molecular complexity index is 239. The molecule has 0 aliphatic carbocycles. The van der Waals surface area contributed by atoms with Crippen LogP contribution in [-0.2, 0) is 0 Å². The summed E-state index contributed by atoms with van der Waals surface area (Å²) in [4.78, 5) is 0. The number of allylic oxidation sites excluding steroid dienone is 5. The fourth-order valence-corrected chi connectivity index (χ4v) is 1.58. The number of hydrogen-bond donors (Lipinski definition) is 0. The van der Waals surface area contributed by atoms with Gasteiger partial charge in [0.05, 0.1) is 0 Å². The second kappa shape index (κ2) is 5.85. The molecule has 0 unspecified atom stereocenters. The van der Waals surface area contributed by atoms with Gasteiger partial charge in [-0.25, -0.2) is 0 Å². The quantitative estimate of drug-likeness (QED) is 0.544. The molecule has 0 aliphatic heterocycles. The summed E-state index contributed by atoms with van der Waals surface area (Å²) in [6.07, 6.45) is 8.53. The first kappa shape index (κ1) is 13.2. The highest BCUT2D eigenvalue weighted by Gasteiger charge is 2.19. The van der Waals surface area contributed by atoms with Crippen molar-refractivity contribution < 1.29 is 0 Å². The van der Waals surface area contributed by atoms with Gasteiger partial charge in [0.1, 0.15) is 0 Å². The van der Waals surface area contributed by atoms with Crippen molar-refractivity contribution in [2.75, 3.05) is 0 Å². The molecular weight excluding hydrogens is 168 g/mol. The van der Waals surface area contributed by atoms with Crippen molar-refractivity contribution in [1.82, 2.24) is 0 Å². The van der Waals surface area contributed by atoms with Gasteiger partial charge in [-0.2, -0.15) is 0 Å². The zero-order valence-corrected chi connectivity index (χ0v) is 10.4. The third-order valence-electron chi connectivity index (χ3n) is 2.85. The van der Waals surface area contributed by atoms with Crippen LogP contribution in [0.15, 0.2) is 36.0 Å². The van der Waals surface area contributed by atoms with Crippen LogP contribution in [0.5, 0.6) is 0 Å². The van der Waals surface area contributed by atoms with Gasteiger partial charge in [0, 0.05) is 0 Å². The molecule has 80 valence electrons. The molecule has 0 saturated carbocycles. The fraction of sp³-hybridized carbons (Fsp3) is 0.571. The molecule has 0 aromatic rings. The first-order valence-electron chi connectivity index (χ1n) is 5.34. The van der Waals surface area contributed by atoms with Crippen molar-refractivity contribution in [2.24, 2.45) is 5.41 Å². The molecule has 0 heterocycles. The third-order valence-corrected chi connectivity index (χ3v) is 2.85. The number of hydrogen-bond acceptors (Lipinski definition) is 0. The van der Waals surface area contributed by atoms with Crippen LogP contribution in [0, 0.1) is 5.41 Å². The number of rotatable bonds is 5. The normalized spacial score (nSPS) is 14.4. The van der Waals surface area contributed by atoms with Gasteiger partial charge in [-0.15, -0.1) is 6.58 Å². The van der Waals surface area contributed by atoms with Crippen molar-refractivity contribution >= 4 is 0 Å². The Morgan fingerprint density at radius 2 is 1.86 bits per heavy atom. The van der Waals surface area contributed by atoms with E-state index in [0.717, 1.165) is 12.8 Å². The molecule has 0 N–H and O–H groups in total. The van der Waals surface area contributed by atoms with Crippen LogP contribution in [0.3, 0.4) is 0 Å². The van der Waals surface area contributed by atoms with E-state index in [0.29, 0.717) is 0 Å². The minimum atomic E-state index is 0.288. The van der Waals surface area contributed by atoms with Crippen LogP contribution in [0.1, 0.15) is 47.5 Å². The Morgan fingerprint density at radius 1 is 1.29 bits per heavy atom. The van der Waals surface area contributed by atoms with E-state index in [4.69, 9.17) is 0 Å². The molecule has 0 aromatic heterocycles. The summed E-state index contributed by atoms with van der Waals surface area (Å²) in [5.41, 5.74) is 3.20. The van der Waals surface area contributed by atoms with Crippen molar-refractivity contribution in [3.63, 3.8) is 0 Å². The van der Waals surface area contributed by atoms with Gasteiger partial charge in [-0.1, -0.05) is 43.2 Å². The molecule has 0 bridgehead atoms. The van der Waals surface area contributed by atoms with Crippen molar-refractivity contribution in [3.8, 4) is 0 Å². The Labute approximate surface area is 89.4 Å². The van der Waals surface area contributed by atoms with Gasteiger partial charge >= 0.3 is 0 Å². The second-order valence-electron chi connectivity index (χ2n) is 4.61. The fourth-order valence-electron chi connectivity index (χ4n) is 1.58. The maximum Gasteiger partial charge on any atom is -0.0111 e. The van der Waals surface area contributed by atoms with Crippen molar-refractivity contribution in [2.45, 2.75) is 47.5 Å². The molecule has 0 atom stereocenters. The average molecular weight is 192 g/mol. The molecule has 0 aliphatic rings. The molecule has 0 amide bonds. The Kier molecular flexibility index (Phi) is 5.52. The summed E-state index contributed by atoms with van der Waals surface area (Å²) in [6, 6.07) is 0. The average Bonchev–Trinajstić information content (AvgIpc) is 2.12. The standard InChI is InChI=1S/C14H24/c1-7-9-10-12(3)11-14(5,6)13(4)8-2/h7-8,10H,1,9,11H2,2-6H3. The maximum absolute atomic E-state index is 3.72. The van der Waals surface area contributed by atoms with E-state index in [2.05, 4.69) is 53.3 Å². The van der Waals surface area contributed by atoms with Gasteiger partial charge < -0.3 is 0 Å². The van der Waals surface area contributed by atoms with Gasteiger partial charge in [0.15, 0.2) is 0 Å². The lowest BCUT2D eigenvalue weighted by Gasteiger charge is -2.26. The second-order valence-corrected chi connectivity index (χ2v) is 4.61. The predicted octanol–water partition coefficient (Wildman–Crippen LogP) is 4.89.